The van der Waals surface area contributed by atoms with Crippen molar-refractivity contribution in [3.63, 3.8) is 0 Å². The van der Waals surface area contributed by atoms with Gasteiger partial charge in [0.1, 0.15) is 11.6 Å². The third-order valence-electron chi connectivity index (χ3n) is 2.78. The Hall–Kier alpha value is -0.670. The molecule has 0 aliphatic heterocycles. The highest BCUT2D eigenvalue weighted by molar-refractivity contribution is 6.37. The number of halogens is 2. The molecule has 0 aliphatic rings. The number of rotatable bonds is 8. The summed E-state index contributed by atoms with van der Waals surface area (Å²) >= 11 is 11.8. The highest BCUT2D eigenvalue weighted by atomic mass is 35.5. The molecule has 0 aromatic carbocycles. The first-order valence-electron chi connectivity index (χ1n) is 6.50. The van der Waals surface area contributed by atoms with E-state index in [0.29, 0.717) is 21.7 Å². The van der Waals surface area contributed by atoms with Crippen LogP contribution in [-0.2, 0) is 0 Å². The molecular weight excluding hydrogens is 269 g/mol. The Morgan fingerprint density at radius 1 is 1.11 bits per heavy atom. The number of nitrogens with one attached hydrogen (secondary N) is 1. The Bertz CT molecular complexity index is 369. The van der Waals surface area contributed by atoms with E-state index in [1.807, 2.05) is 0 Å². The van der Waals surface area contributed by atoms with Crippen LogP contribution in [0.3, 0.4) is 0 Å². The summed E-state index contributed by atoms with van der Waals surface area (Å²) in [4.78, 5) is 4.12. The van der Waals surface area contributed by atoms with E-state index >= 15 is 0 Å². The predicted molar refractivity (Wildman–Crippen MR) is 80.5 cm³/mol. The minimum Gasteiger partial charge on any atom is -0.382 e. The van der Waals surface area contributed by atoms with Gasteiger partial charge in [0.15, 0.2) is 0 Å². The molecule has 0 unspecified atom stereocenters. The molecule has 3 nitrogen and oxygen atoms in total. The van der Waals surface area contributed by atoms with Crippen LogP contribution in [0.4, 0.5) is 11.6 Å². The summed E-state index contributed by atoms with van der Waals surface area (Å²) in [5, 5.41) is 4.10. The SMILES string of the molecule is CCCCCCCCNc1nc(N)c(Cl)cc1Cl. The molecule has 1 rings (SSSR count). The molecule has 0 saturated heterocycles. The third kappa shape index (κ3) is 5.32. The fourth-order valence-corrected chi connectivity index (χ4v) is 2.14. The van der Waals surface area contributed by atoms with Crippen LogP contribution in [0.1, 0.15) is 45.4 Å². The Kier molecular flexibility index (Phi) is 7.21. The minimum absolute atomic E-state index is 0.312. The number of pyridine rings is 1. The summed E-state index contributed by atoms with van der Waals surface area (Å²) in [6, 6.07) is 1.62. The van der Waals surface area contributed by atoms with Crippen LogP contribution in [0.15, 0.2) is 6.07 Å². The summed E-state index contributed by atoms with van der Waals surface area (Å²) in [6.07, 6.45) is 7.57. The maximum atomic E-state index is 6.02. The first kappa shape index (κ1) is 15.4. The van der Waals surface area contributed by atoms with Gasteiger partial charge in [0.25, 0.3) is 0 Å². The maximum absolute atomic E-state index is 6.02. The zero-order valence-electron chi connectivity index (χ0n) is 10.8. The van der Waals surface area contributed by atoms with Crippen LogP contribution in [0.2, 0.25) is 10.0 Å². The molecule has 3 N–H and O–H groups in total. The second kappa shape index (κ2) is 8.44. The largest absolute Gasteiger partial charge is 0.382 e. The number of nitrogens with two attached hydrogens (primary N) is 1. The van der Waals surface area contributed by atoms with Gasteiger partial charge in [0.2, 0.25) is 0 Å². The molecule has 0 amide bonds. The molecular formula is C13H21Cl2N3. The highest BCUT2D eigenvalue weighted by Gasteiger charge is 2.06. The van der Waals surface area contributed by atoms with Crippen molar-refractivity contribution in [2.75, 3.05) is 17.6 Å². The van der Waals surface area contributed by atoms with Crippen molar-refractivity contribution in [1.29, 1.82) is 0 Å². The second-order valence-corrected chi connectivity index (χ2v) is 5.19. The van der Waals surface area contributed by atoms with E-state index in [9.17, 15) is 0 Å². The van der Waals surface area contributed by atoms with E-state index in [1.54, 1.807) is 6.07 Å². The molecule has 0 fully saturated rings. The molecule has 0 radical (unpaired) electrons. The van der Waals surface area contributed by atoms with Gasteiger partial charge in [-0.15, -0.1) is 0 Å². The molecule has 5 heteroatoms. The van der Waals surface area contributed by atoms with Crippen LogP contribution in [-0.4, -0.2) is 11.5 Å². The summed E-state index contributed by atoms with van der Waals surface area (Å²) in [5.74, 6) is 0.929. The average Bonchev–Trinajstić information content (AvgIpc) is 2.34. The van der Waals surface area contributed by atoms with Crippen molar-refractivity contribution in [2.45, 2.75) is 45.4 Å². The van der Waals surface area contributed by atoms with Crippen LogP contribution in [0.5, 0.6) is 0 Å². The predicted octanol–water partition coefficient (Wildman–Crippen LogP) is 4.74. The summed E-state index contributed by atoms with van der Waals surface area (Å²) in [7, 11) is 0. The van der Waals surface area contributed by atoms with Crippen molar-refractivity contribution in [3.05, 3.63) is 16.1 Å². The Labute approximate surface area is 119 Å². The minimum atomic E-state index is 0.312. The molecule has 18 heavy (non-hydrogen) atoms. The molecule has 0 aliphatic carbocycles. The molecule has 1 heterocycles. The number of anilines is 2. The first-order valence-corrected chi connectivity index (χ1v) is 7.26. The maximum Gasteiger partial charge on any atom is 0.147 e. The normalized spacial score (nSPS) is 10.6. The second-order valence-electron chi connectivity index (χ2n) is 4.38. The monoisotopic (exact) mass is 289 g/mol. The Balaban J connectivity index is 2.25. The van der Waals surface area contributed by atoms with Crippen LogP contribution < -0.4 is 11.1 Å². The van der Waals surface area contributed by atoms with E-state index in [-0.39, 0.29) is 0 Å². The van der Waals surface area contributed by atoms with Gasteiger partial charge in [-0.25, -0.2) is 4.98 Å². The lowest BCUT2D eigenvalue weighted by atomic mass is 10.1. The molecule has 1 aromatic heterocycles. The molecule has 0 spiro atoms. The van der Waals surface area contributed by atoms with Crippen molar-refractivity contribution in [1.82, 2.24) is 4.98 Å². The van der Waals surface area contributed by atoms with E-state index in [4.69, 9.17) is 28.9 Å². The third-order valence-corrected chi connectivity index (χ3v) is 3.37. The first-order chi connectivity index (χ1) is 8.65. The zero-order chi connectivity index (χ0) is 13.4. The lowest BCUT2D eigenvalue weighted by molar-refractivity contribution is 0.617. The number of hydrogen-bond donors (Lipinski definition) is 2. The van der Waals surface area contributed by atoms with E-state index in [1.165, 1.54) is 32.1 Å². The number of nitrogens with zero attached hydrogens (tertiary/aromatic N) is 1. The quantitative estimate of drug-likeness (QED) is 0.680. The standard InChI is InChI=1S/C13H21Cl2N3/c1-2-3-4-5-6-7-8-17-13-11(15)9-10(14)12(16)18-13/h9H,2-8H2,1H3,(H3,16,17,18). The molecule has 0 saturated carbocycles. The lowest BCUT2D eigenvalue weighted by Crippen LogP contribution is -2.05. The Morgan fingerprint density at radius 3 is 2.50 bits per heavy atom. The van der Waals surface area contributed by atoms with Crippen molar-refractivity contribution < 1.29 is 0 Å². The molecule has 0 atom stereocenters. The van der Waals surface area contributed by atoms with Gasteiger partial charge < -0.3 is 11.1 Å². The highest BCUT2D eigenvalue weighted by Crippen LogP contribution is 2.27. The number of aromatic nitrogens is 1. The van der Waals surface area contributed by atoms with Crippen LogP contribution >= 0.6 is 23.2 Å². The zero-order valence-corrected chi connectivity index (χ0v) is 12.3. The van der Waals surface area contributed by atoms with Gasteiger partial charge in [-0.2, -0.15) is 0 Å². The summed E-state index contributed by atoms with van der Waals surface area (Å²) < 4.78 is 0. The van der Waals surface area contributed by atoms with E-state index in [2.05, 4.69) is 17.2 Å². The summed E-state index contributed by atoms with van der Waals surface area (Å²) in [5.41, 5.74) is 5.63. The van der Waals surface area contributed by atoms with Gasteiger partial charge in [-0.05, 0) is 12.5 Å². The van der Waals surface area contributed by atoms with Gasteiger partial charge in [0.05, 0.1) is 10.0 Å². The van der Waals surface area contributed by atoms with Crippen molar-refractivity contribution in [2.24, 2.45) is 0 Å². The van der Waals surface area contributed by atoms with E-state index in [0.717, 1.165) is 13.0 Å². The van der Waals surface area contributed by atoms with Gasteiger partial charge >= 0.3 is 0 Å². The number of nitrogen functional groups attached to an aromatic ring is 1. The van der Waals surface area contributed by atoms with Gasteiger partial charge in [-0.1, -0.05) is 62.2 Å². The fraction of sp³-hybridized carbons (Fsp3) is 0.615. The van der Waals surface area contributed by atoms with Crippen molar-refractivity contribution in [3.8, 4) is 0 Å². The smallest absolute Gasteiger partial charge is 0.147 e. The van der Waals surface area contributed by atoms with E-state index < -0.39 is 0 Å². The molecule has 102 valence electrons. The van der Waals surface area contributed by atoms with Gasteiger partial charge in [-0.3, -0.25) is 0 Å². The Morgan fingerprint density at radius 2 is 1.78 bits per heavy atom. The van der Waals surface area contributed by atoms with Crippen LogP contribution in [0.25, 0.3) is 0 Å². The number of hydrogen-bond acceptors (Lipinski definition) is 3. The fourth-order valence-electron chi connectivity index (χ4n) is 1.72. The van der Waals surface area contributed by atoms with Crippen LogP contribution in [0, 0.1) is 0 Å². The van der Waals surface area contributed by atoms with Crippen molar-refractivity contribution >= 4 is 34.8 Å². The topological polar surface area (TPSA) is 50.9 Å². The molecule has 1 aromatic rings. The van der Waals surface area contributed by atoms with Gasteiger partial charge in [0, 0.05) is 6.54 Å². The summed E-state index contributed by atoms with van der Waals surface area (Å²) in [6.45, 7) is 3.08. The lowest BCUT2D eigenvalue weighted by Gasteiger charge is -2.09. The molecule has 0 bridgehead atoms. The average molecular weight is 290 g/mol. The number of unbranched alkanes of at least 4 members (excludes halogenated alkanes) is 5.